The zero-order valence-electron chi connectivity index (χ0n) is 12.3. The third-order valence-electron chi connectivity index (χ3n) is 3.86. The Balaban J connectivity index is 1.56. The summed E-state index contributed by atoms with van der Waals surface area (Å²) in [4.78, 5) is 20.9. The van der Waals surface area contributed by atoms with Crippen molar-refractivity contribution in [2.75, 3.05) is 26.2 Å². The molecule has 0 N–H and O–H groups in total. The molecule has 0 saturated carbocycles. The van der Waals surface area contributed by atoms with Gasteiger partial charge in [0.05, 0.1) is 5.56 Å². The number of aromatic nitrogens is 1. The molecule has 2 heterocycles. The highest BCUT2D eigenvalue weighted by Crippen LogP contribution is 2.12. The minimum Gasteiger partial charge on any atom is -0.336 e. The number of amides is 1. The summed E-state index contributed by atoms with van der Waals surface area (Å²) in [5.41, 5.74) is 2.01. The Morgan fingerprint density at radius 1 is 1.09 bits per heavy atom. The molecule has 0 radical (unpaired) electrons. The van der Waals surface area contributed by atoms with E-state index in [0.29, 0.717) is 5.56 Å². The van der Waals surface area contributed by atoms with Crippen LogP contribution in [0.4, 0.5) is 0 Å². The van der Waals surface area contributed by atoms with Crippen LogP contribution in [0.2, 0.25) is 0 Å². The predicted octanol–water partition coefficient (Wildman–Crippen LogP) is 2.64. The molecule has 0 unspecified atom stereocenters. The lowest BCUT2D eigenvalue weighted by atomic mass is 10.2. The van der Waals surface area contributed by atoms with Crippen molar-refractivity contribution in [3.8, 4) is 0 Å². The van der Waals surface area contributed by atoms with Gasteiger partial charge in [0.25, 0.3) is 5.91 Å². The van der Waals surface area contributed by atoms with Crippen LogP contribution in [0.5, 0.6) is 0 Å². The van der Waals surface area contributed by atoms with E-state index in [0.717, 1.165) is 36.3 Å². The molecule has 5 heteroatoms. The molecule has 4 nitrogen and oxygen atoms in total. The number of halogens is 1. The SMILES string of the molecule is O=C(c1cncc([124I])c1)N1CCN(Cc2ccccc2)CC1. The number of nitrogens with zero attached hydrogens (tertiary/aromatic N) is 3. The third-order valence-corrected chi connectivity index (χ3v) is 4.45. The number of hydrogen-bond donors (Lipinski definition) is 0. The molecule has 1 amide bonds. The van der Waals surface area contributed by atoms with E-state index in [2.05, 4.69) is 56.7 Å². The molecule has 2 aromatic rings. The van der Waals surface area contributed by atoms with E-state index in [-0.39, 0.29) is 5.91 Å². The summed E-state index contributed by atoms with van der Waals surface area (Å²) in [6.45, 7) is 4.33. The summed E-state index contributed by atoms with van der Waals surface area (Å²) >= 11 is 2.18. The number of carbonyl (C=O) groups is 1. The molecular weight excluding hydrogens is 386 g/mol. The van der Waals surface area contributed by atoms with Crippen molar-refractivity contribution in [3.63, 3.8) is 0 Å². The zero-order chi connectivity index (χ0) is 15.4. The average molecular weight is 404 g/mol. The van der Waals surface area contributed by atoms with Gasteiger partial charge in [-0.05, 0) is 34.2 Å². The maximum absolute atomic E-state index is 12.5. The van der Waals surface area contributed by atoms with Crippen LogP contribution >= 0.6 is 22.6 Å². The Morgan fingerprint density at radius 2 is 1.82 bits per heavy atom. The summed E-state index contributed by atoms with van der Waals surface area (Å²) in [5.74, 6) is 0.0883. The number of pyridine rings is 1. The molecule has 22 heavy (non-hydrogen) atoms. The number of piperazine rings is 1. The van der Waals surface area contributed by atoms with Gasteiger partial charge in [0, 0.05) is 48.7 Å². The molecule has 1 aromatic carbocycles. The standard InChI is InChI=1S/C17H18IN3O/c18-16-10-15(11-19-12-16)17(22)21-8-6-20(7-9-21)13-14-4-2-1-3-5-14/h1-5,10-12H,6-9,13H2/i18-3. The average Bonchev–Trinajstić information content (AvgIpc) is 2.56. The zero-order valence-corrected chi connectivity index (χ0v) is 14.4. The molecule has 3 rings (SSSR count). The summed E-state index contributed by atoms with van der Waals surface area (Å²) in [5, 5.41) is 0. The minimum absolute atomic E-state index is 0.0883. The normalized spacial score (nSPS) is 15.8. The molecule has 0 atom stereocenters. The molecular formula is C17H18IN3O. The number of hydrogen-bond acceptors (Lipinski definition) is 3. The van der Waals surface area contributed by atoms with Gasteiger partial charge in [0.15, 0.2) is 0 Å². The Hall–Kier alpha value is -1.47. The summed E-state index contributed by atoms with van der Waals surface area (Å²) < 4.78 is 0.992. The van der Waals surface area contributed by atoms with Gasteiger partial charge in [0.2, 0.25) is 0 Å². The maximum Gasteiger partial charge on any atom is 0.255 e. The van der Waals surface area contributed by atoms with Gasteiger partial charge in [-0.3, -0.25) is 14.7 Å². The summed E-state index contributed by atoms with van der Waals surface area (Å²) in [6, 6.07) is 12.4. The number of carbonyl (C=O) groups excluding carboxylic acids is 1. The summed E-state index contributed by atoms with van der Waals surface area (Å²) in [6.07, 6.45) is 3.41. The van der Waals surface area contributed by atoms with Crippen LogP contribution < -0.4 is 0 Å². The Labute approximate surface area is 144 Å². The van der Waals surface area contributed by atoms with Crippen LogP contribution in [0, 0.1) is 3.57 Å². The fraction of sp³-hybridized carbons (Fsp3) is 0.294. The lowest BCUT2D eigenvalue weighted by Crippen LogP contribution is -2.48. The monoisotopic (exact) mass is 404 g/mol. The van der Waals surface area contributed by atoms with E-state index in [4.69, 9.17) is 0 Å². The molecule has 1 aromatic heterocycles. The molecule has 1 saturated heterocycles. The Kier molecular flexibility index (Phi) is 5.04. The Morgan fingerprint density at radius 3 is 2.50 bits per heavy atom. The summed E-state index contributed by atoms with van der Waals surface area (Å²) in [7, 11) is 0. The van der Waals surface area contributed by atoms with Crippen molar-refractivity contribution in [3.05, 3.63) is 63.5 Å². The molecule has 1 fully saturated rings. The molecule has 1 aliphatic rings. The first-order valence-electron chi connectivity index (χ1n) is 7.38. The van der Waals surface area contributed by atoms with Gasteiger partial charge < -0.3 is 4.90 Å². The third kappa shape index (κ3) is 3.84. The van der Waals surface area contributed by atoms with Crippen molar-refractivity contribution in [2.45, 2.75) is 6.54 Å². The van der Waals surface area contributed by atoms with Crippen LogP contribution in [0.25, 0.3) is 0 Å². The van der Waals surface area contributed by atoms with E-state index in [1.54, 1.807) is 12.4 Å². The van der Waals surface area contributed by atoms with Gasteiger partial charge in [-0.15, -0.1) is 0 Å². The first-order valence-corrected chi connectivity index (χ1v) is 8.46. The first kappa shape index (κ1) is 15.4. The van der Waals surface area contributed by atoms with Crippen LogP contribution in [0.1, 0.15) is 15.9 Å². The van der Waals surface area contributed by atoms with E-state index < -0.39 is 0 Å². The van der Waals surface area contributed by atoms with Gasteiger partial charge in [-0.1, -0.05) is 30.3 Å². The van der Waals surface area contributed by atoms with E-state index in [9.17, 15) is 4.79 Å². The number of rotatable bonds is 3. The second-order valence-electron chi connectivity index (χ2n) is 5.45. The molecule has 0 spiro atoms. The van der Waals surface area contributed by atoms with Gasteiger partial charge in [-0.25, -0.2) is 0 Å². The van der Waals surface area contributed by atoms with Crippen LogP contribution in [-0.4, -0.2) is 46.9 Å². The van der Waals surface area contributed by atoms with E-state index in [1.807, 2.05) is 17.0 Å². The quantitative estimate of drug-likeness (QED) is 0.739. The fourth-order valence-corrected chi connectivity index (χ4v) is 3.16. The lowest BCUT2D eigenvalue weighted by Gasteiger charge is -2.34. The van der Waals surface area contributed by atoms with Crippen LogP contribution in [0.15, 0.2) is 48.8 Å². The molecule has 0 aliphatic carbocycles. The molecule has 1 aliphatic heterocycles. The van der Waals surface area contributed by atoms with E-state index >= 15 is 0 Å². The minimum atomic E-state index is 0.0883. The number of benzene rings is 1. The van der Waals surface area contributed by atoms with Gasteiger partial charge >= 0.3 is 0 Å². The highest BCUT2D eigenvalue weighted by atomic mass is 124. The Bertz CT molecular complexity index is 639. The van der Waals surface area contributed by atoms with Crippen molar-refractivity contribution in [1.29, 1.82) is 0 Å². The van der Waals surface area contributed by atoms with Crippen LogP contribution in [0.3, 0.4) is 0 Å². The second kappa shape index (κ2) is 7.19. The van der Waals surface area contributed by atoms with Gasteiger partial charge in [0.1, 0.15) is 0 Å². The second-order valence-corrected chi connectivity index (χ2v) is 6.69. The first-order chi connectivity index (χ1) is 10.7. The van der Waals surface area contributed by atoms with Crippen LogP contribution in [-0.2, 0) is 6.54 Å². The van der Waals surface area contributed by atoms with Crippen molar-refractivity contribution >= 4 is 28.5 Å². The largest absolute Gasteiger partial charge is 0.336 e. The van der Waals surface area contributed by atoms with Crippen molar-refractivity contribution < 1.29 is 4.79 Å². The predicted molar refractivity (Wildman–Crippen MR) is 94.6 cm³/mol. The fourth-order valence-electron chi connectivity index (χ4n) is 2.66. The molecule has 114 valence electrons. The smallest absolute Gasteiger partial charge is 0.255 e. The van der Waals surface area contributed by atoms with Crippen molar-refractivity contribution in [1.82, 2.24) is 14.8 Å². The van der Waals surface area contributed by atoms with Crippen molar-refractivity contribution in [2.24, 2.45) is 0 Å². The molecule has 0 bridgehead atoms. The lowest BCUT2D eigenvalue weighted by molar-refractivity contribution is 0.0628. The van der Waals surface area contributed by atoms with E-state index in [1.165, 1.54) is 5.56 Å². The highest BCUT2D eigenvalue weighted by Gasteiger charge is 2.22. The highest BCUT2D eigenvalue weighted by molar-refractivity contribution is 14.1. The van der Waals surface area contributed by atoms with Gasteiger partial charge in [-0.2, -0.15) is 0 Å². The topological polar surface area (TPSA) is 36.4 Å². The maximum atomic E-state index is 12.5.